The molecule has 3 rings (SSSR count). The van der Waals surface area contributed by atoms with Gasteiger partial charge in [-0.15, -0.1) is 11.8 Å². The summed E-state index contributed by atoms with van der Waals surface area (Å²) in [6.45, 7) is 1.69. The molecule has 1 amide bonds. The Morgan fingerprint density at radius 2 is 1.81 bits per heavy atom. The zero-order valence-electron chi connectivity index (χ0n) is 14.5. The van der Waals surface area contributed by atoms with Crippen LogP contribution in [0.25, 0.3) is 10.8 Å². The highest BCUT2D eigenvalue weighted by Crippen LogP contribution is 2.24. The first-order chi connectivity index (χ1) is 12.6. The van der Waals surface area contributed by atoms with Gasteiger partial charge >= 0.3 is 0 Å². The molecule has 3 aromatic rings. The van der Waals surface area contributed by atoms with E-state index in [1.165, 1.54) is 17.7 Å². The van der Waals surface area contributed by atoms with Crippen LogP contribution < -0.4 is 10.1 Å². The fourth-order valence-corrected chi connectivity index (χ4v) is 3.38. The standard InChI is InChI=1S/C21H21NO3S/c1-15(23)22-18-7-9-20(10-8-18)25-13-19(24)14-26-21-11-6-16-4-2-3-5-17(16)12-21/h2-12,19,24H,13-14H2,1H3,(H,22,23). The van der Waals surface area contributed by atoms with Gasteiger partial charge in [-0.1, -0.05) is 30.3 Å². The third-order valence-corrected chi connectivity index (χ3v) is 4.92. The number of carbonyl (C=O) groups is 1. The zero-order chi connectivity index (χ0) is 18.4. The molecule has 0 aromatic heterocycles. The van der Waals surface area contributed by atoms with E-state index in [-0.39, 0.29) is 12.5 Å². The van der Waals surface area contributed by atoms with Crippen LogP contribution in [0.15, 0.2) is 71.6 Å². The molecule has 0 bridgehead atoms. The minimum absolute atomic E-state index is 0.111. The summed E-state index contributed by atoms with van der Waals surface area (Å²) in [6, 6.07) is 21.6. The van der Waals surface area contributed by atoms with Gasteiger partial charge in [-0.2, -0.15) is 0 Å². The number of hydrogen-bond donors (Lipinski definition) is 2. The van der Waals surface area contributed by atoms with Crippen molar-refractivity contribution in [1.29, 1.82) is 0 Å². The lowest BCUT2D eigenvalue weighted by Crippen LogP contribution is -2.20. The van der Waals surface area contributed by atoms with E-state index in [2.05, 4.69) is 35.6 Å². The van der Waals surface area contributed by atoms with Crippen LogP contribution in [0.3, 0.4) is 0 Å². The molecule has 0 heterocycles. The highest BCUT2D eigenvalue weighted by atomic mass is 32.2. The Bertz CT molecular complexity index is 880. The van der Waals surface area contributed by atoms with E-state index >= 15 is 0 Å². The molecule has 0 fully saturated rings. The molecule has 5 heteroatoms. The van der Waals surface area contributed by atoms with Crippen molar-refractivity contribution in [3.8, 4) is 5.75 Å². The summed E-state index contributed by atoms with van der Waals surface area (Å²) in [5.74, 6) is 1.11. The highest BCUT2D eigenvalue weighted by Gasteiger charge is 2.07. The van der Waals surface area contributed by atoms with Crippen molar-refractivity contribution in [1.82, 2.24) is 0 Å². The normalized spacial score (nSPS) is 11.9. The molecule has 0 saturated heterocycles. The van der Waals surface area contributed by atoms with E-state index in [0.717, 1.165) is 10.6 Å². The average Bonchev–Trinajstić information content (AvgIpc) is 2.65. The summed E-state index contributed by atoms with van der Waals surface area (Å²) >= 11 is 1.61. The number of aliphatic hydroxyl groups excluding tert-OH is 1. The molecule has 0 aliphatic carbocycles. The Hall–Kier alpha value is -2.50. The number of thioether (sulfide) groups is 1. The van der Waals surface area contributed by atoms with E-state index < -0.39 is 6.10 Å². The van der Waals surface area contributed by atoms with Gasteiger partial charge in [0, 0.05) is 23.3 Å². The number of aliphatic hydroxyl groups is 1. The van der Waals surface area contributed by atoms with Crippen LogP contribution in [0.1, 0.15) is 6.92 Å². The Morgan fingerprint density at radius 3 is 2.54 bits per heavy atom. The molecule has 0 saturated carbocycles. The zero-order valence-corrected chi connectivity index (χ0v) is 15.3. The molecule has 2 N–H and O–H groups in total. The van der Waals surface area contributed by atoms with Gasteiger partial charge in [0.05, 0.1) is 6.10 Å². The summed E-state index contributed by atoms with van der Waals surface area (Å²) < 4.78 is 5.61. The van der Waals surface area contributed by atoms with Gasteiger partial charge in [0.25, 0.3) is 0 Å². The second kappa shape index (κ2) is 8.74. The lowest BCUT2D eigenvalue weighted by atomic mass is 10.1. The summed E-state index contributed by atoms with van der Waals surface area (Å²) in [7, 11) is 0. The van der Waals surface area contributed by atoms with Gasteiger partial charge in [0.1, 0.15) is 12.4 Å². The number of carbonyl (C=O) groups excluding carboxylic acids is 1. The van der Waals surface area contributed by atoms with Crippen molar-refractivity contribution in [3.63, 3.8) is 0 Å². The summed E-state index contributed by atoms with van der Waals surface area (Å²) in [5.41, 5.74) is 0.720. The molecule has 0 aliphatic heterocycles. The number of benzene rings is 3. The first-order valence-electron chi connectivity index (χ1n) is 8.40. The minimum atomic E-state index is -0.568. The second-order valence-electron chi connectivity index (χ2n) is 5.99. The van der Waals surface area contributed by atoms with E-state index in [0.29, 0.717) is 11.5 Å². The van der Waals surface area contributed by atoms with Crippen molar-refractivity contribution in [3.05, 3.63) is 66.7 Å². The lowest BCUT2D eigenvalue weighted by molar-refractivity contribution is -0.114. The number of rotatable bonds is 7. The molecular formula is C21H21NO3S. The van der Waals surface area contributed by atoms with Gasteiger partial charge in [-0.05, 0) is 47.2 Å². The van der Waals surface area contributed by atoms with Crippen LogP contribution in [0.5, 0.6) is 5.75 Å². The molecule has 4 nitrogen and oxygen atoms in total. The first kappa shape index (κ1) is 18.3. The van der Waals surface area contributed by atoms with Crippen LogP contribution in [-0.4, -0.2) is 29.5 Å². The molecule has 134 valence electrons. The maximum absolute atomic E-state index is 11.0. The predicted octanol–water partition coefficient (Wildman–Crippen LogP) is 4.33. The SMILES string of the molecule is CC(=O)Nc1ccc(OCC(O)CSc2ccc3ccccc3c2)cc1. The Balaban J connectivity index is 1.47. The first-order valence-corrected chi connectivity index (χ1v) is 9.39. The summed E-state index contributed by atoms with van der Waals surface area (Å²) in [5, 5.41) is 15.3. The van der Waals surface area contributed by atoms with Crippen LogP contribution in [-0.2, 0) is 4.79 Å². The molecule has 0 radical (unpaired) electrons. The van der Waals surface area contributed by atoms with E-state index in [4.69, 9.17) is 4.74 Å². The predicted molar refractivity (Wildman–Crippen MR) is 107 cm³/mol. The Kier molecular flexibility index (Phi) is 6.15. The van der Waals surface area contributed by atoms with Crippen LogP contribution in [0.2, 0.25) is 0 Å². The minimum Gasteiger partial charge on any atom is -0.491 e. The molecule has 26 heavy (non-hydrogen) atoms. The smallest absolute Gasteiger partial charge is 0.221 e. The molecule has 0 aliphatic rings. The monoisotopic (exact) mass is 367 g/mol. The fourth-order valence-electron chi connectivity index (χ4n) is 2.53. The van der Waals surface area contributed by atoms with Crippen molar-refractivity contribution in [2.45, 2.75) is 17.9 Å². The van der Waals surface area contributed by atoms with Crippen molar-refractivity contribution in [2.75, 3.05) is 17.7 Å². The fraction of sp³-hybridized carbons (Fsp3) is 0.190. The van der Waals surface area contributed by atoms with E-state index in [1.54, 1.807) is 36.0 Å². The van der Waals surface area contributed by atoms with E-state index in [1.807, 2.05) is 12.1 Å². The van der Waals surface area contributed by atoms with Crippen molar-refractivity contribution in [2.24, 2.45) is 0 Å². The molecule has 1 atom stereocenters. The van der Waals surface area contributed by atoms with Crippen LogP contribution in [0.4, 0.5) is 5.69 Å². The van der Waals surface area contributed by atoms with Crippen molar-refractivity contribution < 1.29 is 14.6 Å². The van der Waals surface area contributed by atoms with Gasteiger partial charge in [-0.3, -0.25) is 4.79 Å². The average molecular weight is 367 g/mol. The molecule has 3 aromatic carbocycles. The quantitative estimate of drug-likeness (QED) is 0.610. The van der Waals surface area contributed by atoms with Gasteiger partial charge < -0.3 is 15.2 Å². The Labute approximate surface area is 157 Å². The molecule has 0 spiro atoms. The number of anilines is 1. The van der Waals surface area contributed by atoms with Crippen molar-refractivity contribution >= 4 is 34.1 Å². The lowest BCUT2D eigenvalue weighted by Gasteiger charge is -2.13. The highest BCUT2D eigenvalue weighted by molar-refractivity contribution is 7.99. The largest absolute Gasteiger partial charge is 0.491 e. The Morgan fingerprint density at radius 1 is 1.08 bits per heavy atom. The van der Waals surface area contributed by atoms with Crippen LogP contribution >= 0.6 is 11.8 Å². The number of ether oxygens (including phenoxy) is 1. The number of nitrogens with one attached hydrogen (secondary N) is 1. The van der Waals surface area contributed by atoms with Gasteiger partial charge in [0.2, 0.25) is 5.91 Å². The maximum Gasteiger partial charge on any atom is 0.221 e. The third kappa shape index (κ3) is 5.25. The maximum atomic E-state index is 11.0. The topological polar surface area (TPSA) is 58.6 Å². The molecule has 1 unspecified atom stereocenters. The number of amides is 1. The van der Waals surface area contributed by atoms with Gasteiger partial charge in [-0.25, -0.2) is 0 Å². The summed E-state index contributed by atoms with van der Waals surface area (Å²) in [4.78, 5) is 12.1. The number of fused-ring (bicyclic) bond motifs is 1. The molecular weight excluding hydrogens is 346 g/mol. The van der Waals surface area contributed by atoms with Crippen LogP contribution in [0, 0.1) is 0 Å². The second-order valence-corrected chi connectivity index (χ2v) is 7.08. The third-order valence-electron chi connectivity index (χ3n) is 3.78. The van der Waals surface area contributed by atoms with Gasteiger partial charge in [0.15, 0.2) is 0 Å². The number of hydrogen-bond acceptors (Lipinski definition) is 4. The summed E-state index contributed by atoms with van der Waals surface area (Å²) in [6.07, 6.45) is -0.568. The van der Waals surface area contributed by atoms with E-state index in [9.17, 15) is 9.90 Å².